The summed E-state index contributed by atoms with van der Waals surface area (Å²) < 4.78 is 10.5. The van der Waals surface area contributed by atoms with E-state index < -0.39 is 0 Å². The molecular weight excluding hydrogens is 320 g/mol. The number of nitrogens with one attached hydrogen (secondary N) is 1. The highest BCUT2D eigenvalue weighted by molar-refractivity contribution is 5.97. The van der Waals surface area contributed by atoms with Crippen LogP contribution in [0.3, 0.4) is 0 Å². The van der Waals surface area contributed by atoms with Gasteiger partial charge in [-0.05, 0) is 30.2 Å². The van der Waals surface area contributed by atoms with Crippen LogP contribution in [0.15, 0.2) is 42.7 Å². The van der Waals surface area contributed by atoms with Crippen LogP contribution in [0, 0.1) is 0 Å². The van der Waals surface area contributed by atoms with Crippen LogP contribution in [-0.4, -0.2) is 37.4 Å². The maximum absolute atomic E-state index is 11.9. The number of Topliss-reactive ketones (excluding diaryl/α,β-unsaturated/α-hetero) is 1. The zero-order chi connectivity index (χ0) is 18.1. The molecule has 0 spiro atoms. The number of benzene rings is 1. The van der Waals surface area contributed by atoms with Crippen LogP contribution in [0.1, 0.15) is 28.8 Å². The summed E-state index contributed by atoms with van der Waals surface area (Å²) in [5.74, 6) is 1.21. The first-order valence-corrected chi connectivity index (χ1v) is 8.05. The van der Waals surface area contributed by atoms with E-state index in [0.717, 1.165) is 17.1 Å². The van der Waals surface area contributed by atoms with Gasteiger partial charge in [0.25, 0.3) is 0 Å². The highest BCUT2D eigenvalue weighted by Crippen LogP contribution is 2.24. The number of aromatic nitrogens is 1. The molecule has 0 saturated heterocycles. The van der Waals surface area contributed by atoms with Gasteiger partial charge in [0.2, 0.25) is 5.91 Å². The molecule has 0 aliphatic heterocycles. The molecule has 0 saturated carbocycles. The normalized spacial score (nSPS) is 10.2. The first kappa shape index (κ1) is 18.4. The third-order valence-corrected chi connectivity index (χ3v) is 3.77. The summed E-state index contributed by atoms with van der Waals surface area (Å²) in [6, 6.07) is 8.98. The monoisotopic (exact) mass is 342 g/mol. The highest BCUT2D eigenvalue weighted by atomic mass is 16.5. The minimum atomic E-state index is -0.148. The second-order valence-electron chi connectivity index (χ2n) is 5.44. The lowest BCUT2D eigenvalue weighted by Gasteiger charge is -2.11. The molecule has 0 aliphatic rings. The third kappa shape index (κ3) is 5.60. The maximum Gasteiger partial charge on any atom is 0.220 e. The van der Waals surface area contributed by atoms with Crippen molar-refractivity contribution in [3.05, 3.63) is 53.9 Å². The second-order valence-corrected chi connectivity index (χ2v) is 5.44. The Morgan fingerprint density at radius 2 is 1.96 bits per heavy atom. The van der Waals surface area contributed by atoms with Gasteiger partial charge >= 0.3 is 0 Å². The van der Waals surface area contributed by atoms with Gasteiger partial charge < -0.3 is 14.8 Å². The number of hydrogen-bond donors (Lipinski definition) is 1. The van der Waals surface area contributed by atoms with Gasteiger partial charge in [-0.2, -0.15) is 0 Å². The van der Waals surface area contributed by atoms with E-state index in [4.69, 9.17) is 9.47 Å². The number of rotatable bonds is 9. The minimum absolute atomic E-state index is 0.0833. The van der Waals surface area contributed by atoms with Crippen molar-refractivity contribution >= 4 is 11.7 Å². The van der Waals surface area contributed by atoms with Gasteiger partial charge in [-0.3, -0.25) is 14.6 Å². The van der Waals surface area contributed by atoms with Crippen molar-refractivity contribution in [3.63, 3.8) is 0 Å². The molecule has 0 fully saturated rings. The van der Waals surface area contributed by atoms with Crippen LogP contribution in [0.4, 0.5) is 0 Å². The number of amides is 1. The van der Waals surface area contributed by atoms with Crippen LogP contribution in [0.2, 0.25) is 0 Å². The fraction of sp³-hybridized carbons (Fsp3) is 0.316. The molecule has 2 rings (SSSR count). The number of pyridine rings is 1. The predicted molar refractivity (Wildman–Crippen MR) is 94.1 cm³/mol. The second kappa shape index (κ2) is 9.42. The Balaban J connectivity index is 1.76. The van der Waals surface area contributed by atoms with Gasteiger partial charge in [0.05, 0.1) is 14.2 Å². The lowest BCUT2D eigenvalue weighted by atomic mass is 10.1. The Kier molecular flexibility index (Phi) is 6.95. The van der Waals surface area contributed by atoms with E-state index >= 15 is 0 Å². The Bertz CT molecular complexity index is 717. The molecule has 2 aromatic rings. The summed E-state index contributed by atoms with van der Waals surface area (Å²) in [7, 11) is 3.20. The van der Waals surface area contributed by atoms with Gasteiger partial charge in [0.15, 0.2) is 5.78 Å². The highest BCUT2D eigenvalue weighted by Gasteiger charge is 2.10. The van der Waals surface area contributed by atoms with E-state index in [1.165, 1.54) is 6.20 Å². The van der Waals surface area contributed by atoms with E-state index in [-0.39, 0.29) is 24.5 Å². The number of carbonyl (C=O) groups excluding carboxylic acids is 2. The van der Waals surface area contributed by atoms with Gasteiger partial charge in [0, 0.05) is 43.4 Å². The molecule has 1 N–H and O–H groups in total. The van der Waals surface area contributed by atoms with Crippen LogP contribution >= 0.6 is 0 Å². The van der Waals surface area contributed by atoms with Crippen LogP contribution in [0.5, 0.6) is 11.5 Å². The lowest BCUT2D eigenvalue weighted by Crippen LogP contribution is -2.26. The average Bonchev–Trinajstić information content (AvgIpc) is 2.66. The Labute approximate surface area is 147 Å². The van der Waals surface area contributed by atoms with E-state index in [9.17, 15) is 9.59 Å². The van der Waals surface area contributed by atoms with E-state index in [2.05, 4.69) is 10.3 Å². The van der Waals surface area contributed by atoms with Crippen LogP contribution in [-0.2, 0) is 11.2 Å². The fourth-order valence-electron chi connectivity index (χ4n) is 2.38. The predicted octanol–water partition coefficient (Wildman–Crippen LogP) is 2.42. The number of methoxy groups -OCH3 is 2. The van der Waals surface area contributed by atoms with Crippen molar-refractivity contribution in [1.29, 1.82) is 0 Å². The lowest BCUT2D eigenvalue weighted by molar-refractivity contribution is -0.121. The van der Waals surface area contributed by atoms with E-state index in [1.807, 2.05) is 18.2 Å². The standard InChI is InChI=1S/C19H22N2O4/c1-24-16-6-5-14(18(12-16)25-2)9-11-21-19(23)8-7-17(22)15-4-3-10-20-13-15/h3-6,10,12-13H,7-9,11H2,1-2H3,(H,21,23). The fourth-order valence-corrected chi connectivity index (χ4v) is 2.38. The molecule has 25 heavy (non-hydrogen) atoms. The molecule has 132 valence electrons. The smallest absolute Gasteiger partial charge is 0.220 e. The van der Waals surface area contributed by atoms with E-state index in [0.29, 0.717) is 18.5 Å². The Hall–Kier alpha value is -2.89. The summed E-state index contributed by atoms with van der Waals surface area (Å²) in [5, 5.41) is 2.82. The van der Waals surface area contributed by atoms with Gasteiger partial charge in [0.1, 0.15) is 11.5 Å². The molecule has 0 unspecified atom stereocenters. The molecule has 1 amide bonds. The number of ketones is 1. The van der Waals surface area contributed by atoms with Gasteiger partial charge in [-0.25, -0.2) is 0 Å². The molecule has 1 aromatic carbocycles. The average molecular weight is 342 g/mol. The quantitative estimate of drug-likeness (QED) is 0.708. The van der Waals surface area contributed by atoms with Crippen LogP contribution < -0.4 is 14.8 Å². The first-order chi connectivity index (χ1) is 12.1. The first-order valence-electron chi connectivity index (χ1n) is 8.05. The third-order valence-electron chi connectivity index (χ3n) is 3.77. The zero-order valence-corrected chi connectivity index (χ0v) is 14.5. The summed E-state index contributed by atoms with van der Waals surface area (Å²) >= 11 is 0. The van der Waals surface area contributed by atoms with Crippen molar-refractivity contribution in [2.75, 3.05) is 20.8 Å². The summed E-state index contributed by atoms with van der Waals surface area (Å²) in [4.78, 5) is 27.7. The van der Waals surface area contributed by atoms with Crippen molar-refractivity contribution in [2.24, 2.45) is 0 Å². The topological polar surface area (TPSA) is 77.5 Å². The molecule has 0 aliphatic carbocycles. The molecule has 0 bridgehead atoms. The molecule has 0 atom stereocenters. The molecule has 1 heterocycles. The Morgan fingerprint density at radius 3 is 2.64 bits per heavy atom. The number of nitrogens with zero attached hydrogens (tertiary/aromatic N) is 1. The molecule has 0 radical (unpaired) electrons. The van der Waals surface area contributed by atoms with Crippen LogP contribution in [0.25, 0.3) is 0 Å². The molecule has 1 aromatic heterocycles. The number of hydrogen-bond acceptors (Lipinski definition) is 5. The van der Waals surface area contributed by atoms with Crippen molar-refractivity contribution in [3.8, 4) is 11.5 Å². The van der Waals surface area contributed by atoms with E-state index in [1.54, 1.807) is 32.5 Å². The SMILES string of the molecule is COc1ccc(CCNC(=O)CCC(=O)c2cccnc2)c(OC)c1. The summed E-state index contributed by atoms with van der Waals surface area (Å²) in [6.07, 6.45) is 4.08. The molecule has 6 nitrogen and oxygen atoms in total. The van der Waals surface area contributed by atoms with Crippen molar-refractivity contribution in [1.82, 2.24) is 10.3 Å². The molecular formula is C19H22N2O4. The molecule has 6 heteroatoms. The number of carbonyl (C=O) groups is 2. The zero-order valence-electron chi connectivity index (χ0n) is 14.5. The number of ether oxygens (including phenoxy) is 2. The van der Waals surface area contributed by atoms with Crippen molar-refractivity contribution < 1.29 is 19.1 Å². The van der Waals surface area contributed by atoms with Crippen molar-refractivity contribution in [2.45, 2.75) is 19.3 Å². The minimum Gasteiger partial charge on any atom is -0.497 e. The summed E-state index contributed by atoms with van der Waals surface area (Å²) in [6.45, 7) is 0.475. The Morgan fingerprint density at radius 1 is 1.12 bits per heavy atom. The largest absolute Gasteiger partial charge is 0.497 e. The maximum atomic E-state index is 11.9. The van der Waals surface area contributed by atoms with Gasteiger partial charge in [-0.1, -0.05) is 6.07 Å². The summed E-state index contributed by atoms with van der Waals surface area (Å²) in [5.41, 5.74) is 1.51. The van der Waals surface area contributed by atoms with Gasteiger partial charge in [-0.15, -0.1) is 0 Å².